The highest BCUT2D eigenvalue weighted by Crippen LogP contribution is 2.62. The molecule has 280 valence electrons. The Morgan fingerprint density at radius 1 is 0.475 bits per heavy atom. The van der Waals surface area contributed by atoms with Crippen molar-refractivity contribution in [1.29, 1.82) is 0 Å². The fourth-order valence-electron chi connectivity index (χ4n) is 10.4. The summed E-state index contributed by atoms with van der Waals surface area (Å²) in [7, 11) is 0. The Bertz CT molecular complexity index is 3050. The number of hydrogen-bond donors (Lipinski definition) is 0. The van der Waals surface area contributed by atoms with E-state index in [0.29, 0.717) is 0 Å². The Hall–Kier alpha value is -7.10. The minimum Gasteiger partial charge on any atom is -0.457 e. The standard InChI is InChI=1S/C56H40N2O/c1-55(2)44-19-9-6-16-40(44)43-30-28-39(33-48(43)55)51-34-50(36-14-4-3-5-15-36)57-54(58-51)37-26-24-35(25-27-37)38-29-31-53-49(32-38)56(47-22-12-13-23-52(47)59-53)45-20-10-7-17-41(45)42-18-8-11-21-46(42)56/h3-14,16-34,36H,15H2,1-2H3. The van der Waals surface area contributed by atoms with Gasteiger partial charge in [-0.3, -0.25) is 0 Å². The van der Waals surface area contributed by atoms with Crippen molar-refractivity contribution in [3.63, 3.8) is 0 Å². The van der Waals surface area contributed by atoms with Crippen LogP contribution in [0, 0.1) is 0 Å². The van der Waals surface area contributed by atoms with E-state index >= 15 is 0 Å². The highest BCUT2D eigenvalue weighted by Gasteiger charge is 2.51. The Morgan fingerprint density at radius 3 is 1.78 bits per heavy atom. The lowest BCUT2D eigenvalue weighted by Gasteiger charge is -2.39. The average molecular weight is 757 g/mol. The van der Waals surface area contributed by atoms with Crippen LogP contribution in [0.5, 0.6) is 11.5 Å². The quantitative estimate of drug-likeness (QED) is 0.179. The fraction of sp³-hybridized carbons (Fsp3) is 0.107. The molecule has 8 aromatic rings. The topological polar surface area (TPSA) is 35.0 Å². The maximum absolute atomic E-state index is 6.70. The van der Waals surface area contributed by atoms with Crippen LogP contribution in [0.3, 0.4) is 0 Å². The van der Waals surface area contributed by atoms with Gasteiger partial charge < -0.3 is 4.74 Å². The number of hydrogen-bond acceptors (Lipinski definition) is 3. The van der Waals surface area contributed by atoms with Crippen LogP contribution in [-0.2, 0) is 10.8 Å². The lowest BCUT2D eigenvalue weighted by molar-refractivity contribution is 0.436. The molecule has 59 heavy (non-hydrogen) atoms. The second kappa shape index (κ2) is 12.7. The Balaban J connectivity index is 0.961. The summed E-state index contributed by atoms with van der Waals surface area (Å²) in [5.74, 6) is 2.72. The third kappa shape index (κ3) is 4.94. The first kappa shape index (κ1) is 34.0. The molecule has 12 rings (SSSR count). The molecule has 0 fully saturated rings. The minimum atomic E-state index is -0.504. The highest BCUT2D eigenvalue weighted by atomic mass is 16.5. The molecule has 0 saturated carbocycles. The predicted molar refractivity (Wildman–Crippen MR) is 239 cm³/mol. The van der Waals surface area contributed by atoms with E-state index in [-0.39, 0.29) is 11.3 Å². The van der Waals surface area contributed by atoms with Gasteiger partial charge in [0.2, 0.25) is 0 Å². The predicted octanol–water partition coefficient (Wildman–Crippen LogP) is 13.9. The molecule has 2 heterocycles. The summed E-state index contributed by atoms with van der Waals surface area (Å²) in [6.07, 6.45) is 9.66. The third-order valence-electron chi connectivity index (χ3n) is 13.3. The van der Waals surface area contributed by atoms with Crippen molar-refractivity contribution in [3.05, 3.63) is 227 Å². The van der Waals surface area contributed by atoms with E-state index in [2.05, 4.69) is 202 Å². The van der Waals surface area contributed by atoms with E-state index in [1.807, 2.05) is 0 Å². The largest absolute Gasteiger partial charge is 0.457 e. The van der Waals surface area contributed by atoms with E-state index in [4.69, 9.17) is 14.7 Å². The smallest absolute Gasteiger partial charge is 0.160 e. The van der Waals surface area contributed by atoms with Gasteiger partial charge in [0.1, 0.15) is 11.5 Å². The summed E-state index contributed by atoms with van der Waals surface area (Å²) in [6, 6.07) is 59.7. The number of aromatic nitrogens is 2. The zero-order valence-corrected chi connectivity index (χ0v) is 33.0. The Labute approximate surface area is 345 Å². The van der Waals surface area contributed by atoms with Gasteiger partial charge in [-0.1, -0.05) is 172 Å². The number of benzene rings is 7. The molecule has 0 amide bonds. The number of allylic oxidation sites excluding steroid dienone is 4. The lowest BCUT2D eigenvalue weighted by atomic mass is 9.66. The number of fused-ring (bicyclic) bond motifs is 12. The van der Waals surface area contributed by atoms with Crippen LogP contribution < -0.4 is 4.74 Å². The second-order valence-corrected chi connectivity index (χ2v) is 16.8. The van der Waals surface area contributed by atoms with Crippen molar-refractivity contribution < 1.29 is 4.74 Å². The maximum atomic E-state index is 6.70. The van der Waals surface area contributed by atoms with E-state index in [9.17, 15) is 0 Å². The zero-order chi connectivity index (χ0) is 39.3. The molecule has 0 N–H and O–H groups in total. The fourth-order valence-corrected chi connectivity index (χ4v) is 10.4. The first-order valence-corrected chi connectivity index (χ1v) is 20.7. The van der Waals surface area contributed by atoms with Crippen molar-refractivity contribution in [2.45, 2.75) is 37.0 Å². The molecule has 1 aliphatic heterocycles. The van der Waals surface area contributed by atoms with E-state index in [1.54, 1.807) is 0 Å². The Kier molecular flexibility index (Phi) is 7.32. The van der Waals surface area contributed by atoms with E-state index in [0.717, 1.165) is 62.9 Å². The number of nitrogens with zero attached hydrogens (tertiary/aromatic N) is 2. The molecule has 1 aromatic heterocycles. The van der Waals surface area contributed by atoms with Crippen molar-refractivity contribution in [3.8, 4) is 67.5 Å². The lowest BCUT2D eigenvalue weighted by Crippen LogP contribution is -2.32. The van der Waals surface area contributed by atoms with Gasteiger partial charge in [0, 0.05) is 33.6 Å². The summed E-state index contributed by atoms with van der Waals surface area (Å²) >= 11 is 0. The molecule has 1 atom stereocenters. The third-order valence-corrected chi connectivity index (χ3v) is 13.3. The first-order valence-electron chi connectivity index (χ1n) is 20.7. The van der Waals surface area contributed by atoms with Gasteiger partial charge in [-0.25, -0.2) is 9.97 Å². The van der Waals surface area contributed by atoms with Gasteiger partial charge in [0.05, 0.1) is 16.8 Å². The highest BCUT2D eigenvalue weighted by molar-refractivity contribution is 5.89. The summed E-state index contributed by atoms with van der Waals surface area (Å²) in [4.78, 5) is 10.5. The van der Waals surface area contributed by atoms with Crippen molar-refractivity contribution in [2.75, 3.05) is 0 Å². The first-order chi connectivity index (χ1) is 29.0. The molecule has 3 nitrogen and oxygen atoms in total. The molecule has 0 bridgehead atoms. The molecule has 1 unspecified atom stereocenters. The maximum Gasteiger partial charge on any atom is 0.160 e. The van der Waals surface area contributed by atoms with Crippen LogP contribution in [0.2, 0.25) is 0 Å². The molecule has 3 aliphatic carbocycles. The number of rotatable bonds is 4. The monoisotopic (exact) mass is 756 g/mol. The van der Waals surface area contributed by atoms with Gasteiger partial charge in [0.15, 0.2) is 5.82 Å². The average Bonchev–Trinajstić information content (AvgIpc) is 3.72. The van der Waals surface area contributed by atoms with Gasteiger partial charge in [0.25, 0.3) is 0 Å². The van der Waals surface area contributed by atoms with Crippen LogP contribution in [-0.4, -0.2) is 9.97 Å². The van der Waals surface area contributed by atoms with Gasteiger partial charge in [-0.05, 0) is 92.4 Å². The van der Waals surface area contributed by atoms with E-state index < -0.39 is 5.41 Å². The summed E-state index contributed by atoms with van der Waals surface area (Å²) < 4.78 is 6.70. The van der Waals surface area contributed by atoms with Crippen molar-refractivity contribution in [1.82, 2.24) is 9.97 Å². The van der Waals surface area contributed by atoms with Gasteiger partial charge >= 0.3 is 0 Å². The number of ether oxygens (including phenoxy) is 1. The zero-order valence-electron chi connectivity index (χ0n) is 33.0. The summed E-state index contributed by atoms with van der Waals surface area (Å²) in [6.45, 7) is 4.66. The van der Waals surface area contributed by atoms with Gasteiger partial charge in [-0.2, -0.15) is 0 Å². The van der Waals surface area contributed by atoms with Crippen LogP contribution >= 0.6 is 0 Å². The van der Waals surface area contributed by atoms with Crippen molar-refractivity contribution >= 4 is 0 Å². The molecule has 7 aromatic carbocycles. The Morgan fingerprint density at radius 2 is 1.05 bits per heavy atom. The normalized spacial score (nSPS) is 16.7. The van der Waals surface area contributed by atoms with Crippen LogP contribution in [0.25, 0.3) is 56.0 Å². The molecule has 0 radical (unpaired) electrons. The summed E-state index contributed by atoms with van der Waals surface area (Å²) in [5, 5.41) is 0. The van der Waals surface area contributed by atoms with Crippen molar-refractivity contribution in [2.24, 2.45) is 0 Å². The molecule has 3 heteroatoms. The molecular formula is C56H40N2O. The molecular weight excluding hydrogens is 717 g/mol. The second-order valence-electron chi connectivity index (χ2n) is 16.8. The van der Waals surface area contributed by atoms with Crippen LogP contribution in [0.1, 0.15) is 65.3 Å². The SMILES string of the molecule is CC1(C)c2ccccc2-c2ccc(-c3cc(C4C=CC=CC4)nc(-c4ccc(-c5ccc6c(c5)C5(c7ccccc7O6)c6ccccc6-c6ccccc65)cc4)n3)cc21. The summed E-state index contributed by atoms with van der Waals surface area (Å²) in [5.41, 5.74) is 18.6. The van der Waals surface area contributed by atoms with Gasteiger partial charge in [-0.15, -0.1) is 0 Å². The molecule has 4 aliphatic rings. The van der Waals surface area contributed by atoms with Crippen LogP contribution in [0.15, 0.2) is 188 Å². The van der Waals surface area contributed by atoms with Crippen LogP contribution in [0.4, 0.5) is 0 Å². The molecule has 1 spiro atoms. The minimum absolute atomic E-state index is 0.0935. The number of para-hydroxylation sites is 1. The van der Waals surface area contributed by atoms with E-state index in [1.165, 1.54) is 50.1 Å². The molecule has 0 saturated heterocycles.